The third kappa shape index (κ3) is 4.45. The summed E-state index contributed by atoms with van der Waals surface area (Å²) in [4.78, 5) is 21.1. The van der Waals surface area contributed by atoms with E-state index in [1.807, 2.05) is 0 Å². The summed E-state index contributed by atoms with van der Waals surface area (Å²) in [7, 11) is 0. The van der Waals surface area contributed by atoms with Crippen LogP contribution in [0.15, 0.2) is 23.8 Å². The molecule has 14 heavy (non-hydrogen) atoms. The minimum atomic E-state index is -0.947. The maximum absolute atomic E-state index is 10.6. The standard InChI is InChI=1S/C10H14O4/c1-4-9(11)14-6-5-7(2)8(3)10(12)13/h4H,1,5-6H2,2-3H3,(H,12,13). The van der Waals surface area contributed by atoms with E-state index in [-0.39, 0.29) is 6.61 Å². The lowest BCUT2D eigenvalue weighted by atomic mass is 10.1. The zero-order valence-electron chi connectivity index (χ0n) is 8.37. The minimum Gasteiger partial charge on any atom is -0.478 e. The van der Waals surface area contributed by atoms with Gasteiger partial charge in [0.25, 0.3) is 0 Å². The molecule has 0 rings (SSSR count). The zero-order chi connectivity index (χ0) is 11.1. The number of ether oxygens (including phenoxy) is 1. The number of esters is 1. The fraction of sp³-hybridized carbons (Fsp3) is 0.400. The van der Waals surface area contributed by atoms with Crippen LogP contribution in [0.4, 0.5) is 0 Å². The lowest BCUT2D eigenvalue weighted by Gasteiger charge is -2.04. The average Bonchev–Trinajstić information content (AvgIpc) is 2.15. The number of rotatable bonds is 5. The number of carboxylic acids is 1. The molecule has 0 aromatic rings. The van der Waals surface area contributed by atoms with E-state index in [0.717, 1.165) is 6.08 Å². The lowest BCUT2D eigenvalue weighted by Crippen LogP contribution is -2.05. The molecular formula is C10H14O4. The molecule has 0 spiro atoms. The summed E-state index contributed by atoms with van der Waals surface area (Å²) in [6, 6.07) is 0. The Kier molecular flexibility index (Phi) is 5.29. The van der Waals surface area contributed by atoms with Crippen LogP contribution in [0.5, 0.6) is 0 Å². The summed E-state index contributed by atoms with van der Waals surface area (Å²) in [6.45, 7) is 6.64. The Bertz CT molecular complexity index is 276. The minimum absolute atomic E-state index is 0.182. The second kappa shape index (κ2) is 5.96. The maximum Gasteiger partial charge on any atom is 0.331 e. The van der Waals surface area contributed by atoms with E-state index >= 15 is 0 Å². The Labute approximate surface area is 82.9 Å². The monoisotopic (exact) mass is 198 g/mol. The van der Waals surface area contributed by atoms with Crippen molar-refractivity contribution >= 4 is 11.9 Å². The maximum atomic E-state index is 10.6. The van der Waals surface area contributed by atoms with Crippen LogP contribution >= 0.6 is 0 Å². The lowest BCUT2D eigenvalue weighted by molar-refractivity contribution is -0.137. The van der Waals surface area contributed by atoms with Crippen molar-refractivity contribution in [1.82, 2.24) is 0 Å². The van der Waals surface area contributed by atoms with Crippen LogP contribution in [0.1, 0.15) is 20.3 Å². The van der Waals surface area contributed by atoms with Gasteiger partial charge in [-0.25, -0.2) is 9.59 Å². The van der Waals surface area contributed by atoms with Crippen molar-refractivity contribution in [2.75, 3.05) is 6.61 Å². The number of hydrogen-bond acceptors (Lipinski definition) is 3. The summed E-state index contributed by atoms with van der Waals surface area (Å²) in [5.74, 6) is -1.44. The molecule has 0 amide bonds. The van der Waals surface area contributed by atoms with Crippen LogP contribution in [-0.4, -0.2) is 23.7 Å². The molecule has 0 atom stereocenters. The van der Waals surface area contributed by atoms with Crippen molar-refractivity contribution in [2.45, 2.75) is 20.3 Å². The SMILES string of the molecule is C=CC(=O)OCCC(C)=C(C)C(=O)O. The van der Waals surface area contributed by atoms with Crippen LogP contribution in [0, 0.1) is 0 Å². The Morgan fingerprint density at radius 1 is 1.43 bits per heavy atom. The van der Waals surface area contributed by atoms with Gasteiger partial charge in [0.1, 0.15) is 0 Å². The molecular weight excluding hydrogens is 184 g/mol. The molecule has 4 nitrogen and oxygen atoms in total. The Hall–Kier alpha value is -1.58. The average molecular weight is 198 g/mol. The first-order valence-electron chi connectivity index (χ1n) is 4.18. The Balaban J connectivity index is 4.02. The number of carbonyl (C=O) groups excluding carboxylic acids is 1. The van der Waals surface area contributed by atoms with Gasteiger partial charge in [-0.2, -0.15) is 0 Å². The number of carbonyl (C=O) groups is 2. The van der Waals surface area contributed by atoms with Crippen LogP contribution < -0.4 is 0 Å². The van der Waals surface area contributed by atoms with E-state index in [9.17, 15) is 9.59 Å². The summed E-state index contributed by atoms with van der Waals surface area (Å²) in [5.41, 5.74) is 0.994. The van der Waals surface area contributed by atoms with E-state index in [0.29, 0.717) is 17.6 Å². The third-order valence-electron chi connectivity index (χ3n) is 1.85. The number of aliphatic carboxylic acids is 1. The molecule has 0 aliphatic carbocycles. The second-order valence-corrected chi connectivity index (χ2v) is 2.83. The fourth-order valence-electron chi connectivity index (χ4n) is 0.734. The van der Waals surface area contributed by atoms with E-state index in [1.54, 1.807) is 6.92 Å². The largest absolute Gasteiger partial charge is 0.478 e. The van der Waals surface area contributed by atoms with Crippen molar-refractivity contribution < 1.29 is 19.4 Å². The van der Waals surface area contributed by atoms with Gasteiger partial charge in [0.05, 0.1) is 6.61 Å². The highest BCUT2D eigenvalue weighted by Gasteiger charge is 2.05. The van der Waals surface area contributed by atoms with Crippen LogP contribution in [0.2, 0.25) is 0 Å². The molecule has 0 heterocycles. The molecule has 1 N–H and O–H groups in total. The molecule has 0 radical (unpaired) electrons. The van der Waals surface area contributed by atoms with Gasteiger partial charge in [-0.05, 0) is 13.8 Å². The summed E-state index contributed by atoms with van der Waals surface area (Å²) < 4.78 is 4.71. The van der Waals surface area contributed by atoms with Crippen LogP contribution in [-0.2, 0) is 14.3 Å². The Morgan fingerprint density at radius 3 is 2.43 bits per heavy atom. The van der Waals surface area contributed by atoms with Gasteiger partial charge in [0.2, 0.25) is 0 Å². The number of carboxylic acid groups (broad SMARTS) is 1. The van der Waals surface area contributed by atoms with Crippen molar-refractivity contribution in [3.05, 3.63) is 23.8 Å². The molecule has 0 aromatic heterocycles. The van der Waals surface area contributed by atoms with Crippen molar-refractivity contribution in [1.29, 1.82) is 0 Å². The van der Waals surface area contributed by atoms with Gasteiger partial charge in [0.15, 0.2) is 0 Å². The van der Waals surface area contributed by atoms with E-state index in [4.69, 9.17) is 9.84 Å². The highest BCUT2D eigenvalue weighted by molar-refractivity contribution is 5.86. The molecule has 4 heteroatoms. The van der Waals surface area contributed by atoms with Crippen LogP contribution in [0.3, 0.4) is 0 Å². The normalized spacial score (nSPS) is 11.6. The van der Waals surface area contributed by atoms with E-state index < -0.39 is 11.9 Å². The molecule has 0 bridgehead atoms. The molecule has 0 saturated heterocycles. The number of hydrogen-bond donors (Lipinski definition) is 1. The predicted octanol–water partition coefficient (Wildman–Crippen LogP) is 1.53. The van der Waals surface area contributed by atoms with Gasteiger partial charge < -0.3 is 9.84 Å². The summed E-state index contributed by atoms with van der Waals surface area (Å²) in [6.07, 6.45) is 1.50. The first kappa shape index (κ1) is 12.4. The molecule has 0 saturated carbocycles. The fourth-order valence-corrected chi connectivity index (χ4v) is 0.734. The molecule has 0 fully saturated rings. The first-order valence-corrected chi connectivity index (χ1v) is 4.18. The van der Waals surface area contributed by atoms with E-state index in [1.165, 1.54) is 6.92 Å². The van der Waals surface area contributed by atoms with Crippen LogP contribution in [0.25, 0.3) is 0 Å². The summed E-state index contributed by atoms with van der Waals surface area (Å²) >= 11 is 0. The predicted molar refractivity (Wildman–Crippen MR) is 51.8 cm³/mol. The first-order chi connectivity index (χ1) is 6.49. The molecule has 0 aromatic carbocycles. The Morgan fingerprint density at radius 2 is 2.00 bits per heavy atom. The van der Waals surface area contributed by atoms with Crippen molar-refractivity contribution in [2.24, 2.45) is 0 Å². The topological polar surface area (TPSA) is 63.6 Å². The van der Waals surface area contributed by atoms with Gasteiger partial charge in [-0.1, -0.05) is 12.2 Å². The second-order valence-electron chi connectivity index (χ2n) is 2.83. The van der Waals surface area contributed by atoms with Crippen molar-refractivity contribution in [3.63, 3.8) is 0 Å². The van der Waals surface area contributed by atoms with Crippen molar-refractivity contribution in [3.8, 4) is 0 Å². The van der Waals surface area contributed by atoms with Gasteiger partial charge in [-0.15, -0.1) is 0 Å². The smallest absolute Gasteiger partial charge is 0.331 e. The molecule has 0 aliphatic rings. The quantitative estimate of drug-likeness (QED) is 0.537. The highest BCUT2D eigenvalue weighted by atomic mass is 16.5. The summed E-state index contributed by atoms with van der Waals surface area (Å²) in [5, 5.41) is 8.63. The van der Waals surface area contributed by atoms with Gasteiger partial charge in [-0.3, -0.25) is 0 Å². The van der Waals surface area contributed by atoms with Gasteiger partial charge in [0, 0.05) is 18.1 Å². The molecule has 0 unspecified atom stereocenters. The zero-order valence-corrected chi connectivity index (χ0v) is 8.37. The third-order valence-corrected chi connectivity index (χ3v) is 1.85. The van der Waals surface area contributed by atoms with Gasteiger partial charge >= 0.3 is 11.9 Å². The highest BCUT2D eigenvalue weighted by Crippen LogP contribution is 2.07. The molecule has 0 aliphatic heterocycles. The molecule has 78 valence electrons. The van der Waals surface area contributed by atoms with E-state index in [2.05, 4.69) is 6.58 Å².